The quantitative estimate of drug-likeness (QED) is 0.758. The number of nitrogens with one attached hydrogen (secondary N) is 1. The van der Waals surface area contributed by atoms with Crippen LogP contribution in [0.3, 0.4) is 0 Å². The van der Waals surface area contributed by atoms with Gasteiger partial charge in [0.15, 0.2) is 0 Å². The number of hydrogen-bond acceptors (Lipinski definition) is 4. The molecule has 0 aliphatic heterocycles. The SMILES string of the molecule is CCC(CC)(NS(=O)(=O)c1cc(Br)ccc1OC)C(=O)O. The van der Waals surface area contributed by atoms with Crippen molar-refractivity contribution in [3.8, 4) is 5.75 Å². The third-order valence-corrected chi connectivity index (χ3v) is 5.41. The summed E-state index contributed by atoms with van der Waals surface area (Å²) in [5.41, 5.74) is -1.54. The summed E-state index contributed by atoms with van der Waals surface area (Å²) in [7, 11) is -2.68. The van der Waals surface area contributed by atoms with Crippen LogP contribution in [-0.2, 0) is 14.8 Å². The van der Waals surface area contributed by atoms with Crippen molar-refractivity contribution in [1.82, 2.24) is 4.72 Å². The molecule has 6 nitrogen and oxygen atoms in total. The lowest BCUT2D eigenvalue weighted by molar-refractivity contribution is -0.144. The van der Waals surface area contributed by atoms with Crippen molar-refractivity contribution >= 4 is 31.9 Å². The number of carboxylic acids is 1. The number of sulfonamides is 1. The summed E-state index contributed by atoms with van der Waals surface area (Å²) in [6.07, 6.45) is 0.267. The molecule has 0 spiro atoms. The minimum absolute atomic E-state index is 0.105. The number of rotatable bonds is 7. The second kappa shape index (κ2) is 6.76. The van der Waals surface area contributed by atoms with E-state index in [2.05, 4.69) is 20.7 Å². The van der Waals surface area contributed by atoms with Gasteiger partial charge in [-0.15, -0.1) is 0 Å². The molecule has 0 aliphatic rings. The standard InChI is InChI=1S/C13H18BrNO5S/c1-4-13(5-2,12(16)17)15-21(18,19)11-8-9(14)6-7-10(11)20-3/h6-8,15H,4-5H2,1-3H3,(H,16,17). The van der Waals surface area contributed by atoms with E-state index in [0.29, 0.717) is 4.47 Å². The number of carbonyl (C=O) groups is 1. The first-order valence-electron chi connectivity index (χ1n) is 6.33. The maximum absolute atomic E-state index is 12.5. The van der Waals surface area contributed by atoms with Gasteiger partial charge >= 0.3 is 5.97 Å². The van der Waals surface area contributed by atoms with Gasteiger partial charge in [0.1, 0.15) is 16.2 Å². The Morgan fingerprint density at radius 3 is 2.38 bits per heavy atom. The van der Waals surface area contributed by atoms with E-state index in [1.54, 1.807) is 19.9 Å². The highest BCUT2D eigenvalue weighted by molar-refractivity contribution is 9.10. The van der Waals surface area contributed by atoms with Crippen molar-refractivity contribution in [1.29, 1.82) is 0 Å². The van der Waals surface area contributed by atoms with E-state index in [0.717, 1.165) is 0 Å². The summed E-state index contributed by atoms with van der Waals surface area (Å²) >= 11 is 3.20. The highest BCUT2D eigenvalue weighted by Gasteiger charge is 2.40. The van der Waals surface area contributed by atoms with Gasteiger partial charge in [0, 0.05) is 4.47 Å². The molecule has 1 rings (SSSR count). The smallest absolute Gasteiger partial charge is 0.324 e. The maximum Gasteiger partial charge on any atom is 0.324 e. The summed E-state index contributed by atoms with van der Waals surface area (Å²) in [6.45, 7) is 3.25. The highest BCUT2D eigenvalue weighted by Crippen LogP contribution is 2.29. The molecule has 0 aliphatic carbocycles. The molecular weight excluding hydrogens is 362 g/mol. The van der Waals surface area contributed by atoms with Gasteiger partial charge in [-0.25, -0.2) is 8.42 Å². The largest absolute Gasteiger partial charge is 0.495 e. The Morgan fingerprint density at radius 2 is 1.95 bits per heavy atom. The predicted octanol–water partition coefficient (Wildman–Crippen LogP) is 2.38. The molecule has 0 fully saturated rings. The second-order valence-corrected chi connectivity index (χ2v) is 7.06. The van der Waals surface area contributed by atoms with Crippen LogP contribution in [0.2, 0.25) is 0 Å². The number of benzene rings is 1. The first kappa shape index (κ1) is 17.9. The van der Waals surface area contributed by atoms with E-state index in [-0.39, 0.29) is 23.5 Å². The van der Waals surface area contributed by atoms with Crippen LogP contribution in [-0.4, -0.2) is 32.1 Å². The van der Waals surface area contributed by atoms with E-state index in [4.69, 9.17) is 4.74 Å². The van der Waals surface area contributed by atoms with Crippen LogP contribution < -0.4 is 9.46 Å². The molecule has 21 heavy (non-hydrogen) atoms. The zero-order valence-corrected chi connectivity index (χ0v) is 14.4. The Hall–Kier alpha value is -1.12. The van der Waals surface area contributed by atoms with Crippen LogP contribution >= 0.6 is 15.9 Å². The van der Waals surface area contributed by atoms with Gasteiger partial charge in [-0.1, -0.05) is 29.8 Å². The van der Waals surface area contributed by atoms with Crippen LogP contribution in [0, 0.1) is 0 Å². The van der Waals surface area contributed by atoms with Gasteiger partial charge in [0.2, 0.25) is 10.0 Å². The number of ether oxygens (including phenoxy) is 1. The van der Waals surface area contributed by atoms with Crippen molar-refractivity contribution in [3.63, 3.8) is 0 Å². The highest BCUT2D eigenvalue weighted by atomic mass is 79.9. The fourth-order valence-electron chi connectivity index (χ4n) is 1.91. The van der Waals surface area contributed by atoms with Gasteiger partial charge in [-0.3, -0.25) is 4.79 Å². The van der Waals surface area contributed by atoms with Crippen molar-refractivity contribution in [2.45, 2.75) is 37.1 Å². The van der Waals surface area contributed by atoms with Gasteiger partial charge < -0.3 is 9.84 Å². The monoisotopic (exact) mass is 379 g/mol. The number of carboxylic acid groups (broad SMARTS) is 1. The number of hydrogen-bond donors (Lipinski definition) is 2. The van der Waals surface area contributed by atoms with E-state index < -0.39 is 21.5 Å². The number of halogens is 1. The molecule has 0 heterocycles. The lowest BCUT2D eigenvalue weighted by Crippen LogP contribution is -2.53. The van der Waals surface area contributed by atoms with Gasteiger partial charge in [0.05, 0.1) is 7.11 Å². The molecule has 0 saturated heterocycles. The van der Waals surface area contributed by atoms with Crippen LogP contribution in [0.15, 0.2) is 27.6 Å². The molecule has 8 heteroatoms. The third-order valence-electron chi connectivity index (χ3n) is 3.36. The van der Waals surface area contributed by atoms with Crippen molar-refractivity contribution in [2.24, 2.45) is 0 Å². The summed E-state index contributed by atoms with van der Waals surface area (Å²) in [5.74, 6) is -1.05. The molecule has 118 valence electrons. The van der Waals surface area contributed by atoms with Crippen molar-refractivity contribution in [3.05, 3.63) is 22.7 Å². The molecule has 0 atom stereocenters. The zero-order valence-electron chi connectivity index (χ0n) is 12.0. The van der Waals surface area contributed by atoms with E-state index in [1.165, 1.54) is 19.2 Å². The first-order valence-corrected chi connectivity index (χ1v) is 8.61. The van der Waals surface area contributed by atoms with Gasteiger partial charge in [-0.05, 0) is 31.0 Å². The molecule has 0 unspecified atom stereocenters. The predicted molar refractivity (Wildman–Crippen MR) is 82.0 cm³/mol. The molecule has 0 saturated carbocycles. The molecule has 2 N–H and O–H groups in total. The molecule has 0 bridgehead atoms. The fraction of sp³-hybridized carbons (Fsp3) is 0.462. The van der Waals surface area contributed by atoms with Crippen molar-refractivity contribution in [2.75, 3.05) is 7.11 Å². The molecule has 0 radical (unpaired) electrons. The average Bonchev–Trinajstić information content (AvgIpc) is 2.44. The third kappa shape index (κ3) is 3.75. The Bertz CT molecular complexity index is 625. The van der Waals surface area contributed by atoms with Gasteiger partial charge in [-0.2, -0.15) is 4.72 Å². The Kier molecular flexibility index (Phi) is 5.77. The summed E-state index contributed by atoms with van der Waals surface area (Å²) in [4.78, 5) is 11.3. The molecule has 0 aromatic heterocycles. The van der Waals surface area contributed by atoms with E-state index in [1.807, 2.05) is 0 Å². The molecule has 1 aromatic carbocycles. The van der Waals surface area contributed by atoms with Crippen LogP contribution in [0.1, 0.15) is 26.7 Å². The maximum atomic E-state index is 12.5. The fourth-order valence-corrected chi connectivity index (χ4v) is 4.12. The number of aliphatic carboxylic acids is 1. The van der Waals surface area contributed by atoms with Crippen LogP contribution in [0.4, 0.5) is 0 Å². The lowest BCUT2D eigenvalue weighted by Gasteiger charge is -2.28. The average molecular weight is 380 g/mol. The Balaban J connectivity index is 3.35. The topological polar surface area (TPSA) is 92.7 Å². The normalized spacial score (nSPS) is 12.2. The molecule has 0 amide bonds. The Morgan fingerprint density at radius 1 is 1.38 bits per heavy atom. The summed E-state index contributed by atoms with van der Waals surface area (Å²) in [5, 5.41) is 9.35. The lowest BCUT2D eigenvalue weighted by atomic mass is 9.95. The molecular formula is C13H18BrNO5S. The van der Waals surface area contributed by atoms with E-state index >= 15 is 0 Å². The van der Waals surface area contributed by atoms with Crippen LogP contribution in [0.25, 0.3) is 0 Å². The minimum Gasteiger partial charge on any atom is -0.495 e. The zero-order chi connectivity index (χ0) is 16.3. The summed E-state index contributed by atoms with van der Waals surface area (Å²) < 4.78 is 32.9. The number of methoxy groups -OCH3 is 1. The molecule has 1 aromatic rings. The van der Waals surface area contributed by atoms with Gasteiger partial charge in [0.25, 0.3) is 0 Å². The van der Waals surface area contributed by atoms with E-state index in [9.17, 15) is 18.3 Å². The minimum atomic E-state index is -4.04. The summed E-state index contributed by atoms with van der Waals surface area (Å²) in [6, 6.07) is 4.51. The Labute approximate surface area is 132 Å². The van der Waals surface area contributed by atoms with Crippen molar-refractivity contribution < 1.29 is 23.1 Å². The van der Waals surface area contributed by atoms with Crippen LogP contribution in [0.5, 0.6) is 5.75 Å². The first-order chi connectivity index (χ1) is 9.72. The second-order valence-electron chi connectivity index (χ2n) is 4.50.